The predicted molar refractivity (Wildman–Crippen MR) is 75.9 cm³/mol. The third-order valence-electron chi connectivity index (χ3n) is 3.25. The molecule has 8 nitrogen and oxygen atoms in total. The first-order valence-corrected chi connectivity index (χ1v) is 8.63. The highest BCUT2D eigenvalue weighted by Gasteiger charge is 2.35. The quantitative estimate of drug-likeness (QED) is 0.622. The molecule has 1 saturated heterocycles. The van der Waals surface area contributed by atoms with Crippen molar-refractivity contribution in [2.45, 2.75) is 25.3 Å². The lowest BCUT2D eigenvalue weighted by Crippen LogP contribution is -2.55. The van der Waals surface area contributed by atoms with Gasteiger partial charge in [-0.1, -0.05) is 0 Å². The van der Waals surface area contributed by atoms with Crippen molar-refractivity contribution in [3.63, 3.8) is 0 Å². The number of hydrogen-bond donors (Lipinski definition) is 2. The van der Waals surface area contributed by atoms with E-state index in [4.69, 9.17) is 9.84 Å². The van der Waals surface area contributed by atoms with E-state index in [1.165, 1.54) is 4.90 Å². The number of rotatable bonds is 7. The zero-order valence-corrected chi connectivity index (χ0v) is 12.9. The number of carbonyl (C=O) groups is 2. The number of carboxylic acids is 1. The van der Waals surface area contributed by atoms with Gasteiger partial charge in [-0.05, 0) is 12.8 Å². The Morgan fingerprint density at radius 3 is 2.71 bits per heavy atom. The summed E-state index contributed by atoms with van der Waals surface area (Å²) in [5.41, 5.74) is 0. The van der Waals surface area contributed by atoms with Crippen molar-refractivity contribution >= 4 is 21.8 Å². The molecule has 0 aromatic heterocycles. The van der Waals surface area contributed by atoms with Crippen molar-refractivity contribution in [1.82, 2.24) is 10.2 Å². The van der Waals surface area contributed by atoms with Gasteiger partial charge in [0, 0.05) is 26.8 Å². The van der Waals surface area contributed by atoms with Crippen LogP contribution in [0, 0.1) is 0 Å². The van der Waals surface area contributed by atoms with Crippen LogP contribution in [0.2, 0.25) is 0 Å². The van der Waals surface area contributed by atoms with E-state index in [9.17, 15) is 18.0 Å². The van der Waals surface area contributed by atoms with Gasteiger partial charge in [-0.2, -0.15) is 0 Å². The van der Waals surface area contributed by atoms with E-state index in [0.717, 1.165) is 12.8 Å². The molecule has 0 aliphatic carbocycles. The molecular formula is C12H22N2O6S. The summed E-state index contributed by atoms with van der Waals surface area (Å²) >= 11 is 0. The van der Waals surface area contributed by atoms with Gasteiger partial charge in [0.1, 0.15) is 0 Å². The van der Waals surface area contributed by atoms with E-state index in [1.807, 2.05) is 0 Å². The van der Waals surface area contributed by atoms with Crippen molar-refractivity contribution in [2.24, 2.45) is 0 Å². The number of urea groups is 1. The number of ether oxygens (including phenoxy) is 1. The molecule has 2 N–H and O–H groups in total. The number of hydrogen-bond acceptors (Lipinski definition) is 5. The van der Waals surface area contributed by atoms with Crippen molar-refractivity contribution in [3.8, 4) is 0 Å². The zero-order chi connectivity index (χ0) is 15.9. The maximum Gasteiger partial charge on any atom is 0.317 e. The normalized spacial score (nSPS) is 21.0. The van der Waals surface area contributed by atoms with E-state index < -0.39 is 27.9 Å². The number of sulfone groups is 1. The molecule has 9 heteroatoms. The second-order valence-corrected chi connectivity index (χ2v) is 7.22. The molecule has 1 unspecified atom stereocenters. The molecule has 0 bridgehead atoms. The molecule has 0 spiro atoms. The molecule has 0 saturated carbocycles. The Bertz CT molecular complexity index is 464. The fourth-order valence-electron chi connectivity index (χ4n) is 2.19. The molecule has 1 rings (SSSR count). The molecular weight excluding hydrogens is 300 g/mol. The minimum Gasteiger partial charge on any atom is -0.481 e. The maximum atomic E-state index is 12.0. The number of methoxy groups -OCH3 is 1. The van der Waals surface area contributed by atoms with Crippen LogP contribution in [0.3, 0.4) is 0 Å². The summed E-state index contributed by atoms with van der Waals surface area (Å²) in [6.45, 7) is 1.09. The van der Waals surface area contributed by atoms with Gasteiger partial charge in [0.2, 0.25) is 0 Å². The van der Waals surface area contributed by atoms with Crippen LogP contribution in [0.4, 0.5) is 4.79 Å². The summed E-state index contributed by atoms with van der Waals surface area (Å²) in [5, 5.41) is 11.5. The second kappa shape index (κ2) is 8.18. The molecule has 0 radical (unpaired) electrons. The molecule has 1 atom stereocenters. The van der Waals surface area contributed by atoms with Crippen molar-refractivity contribution in [1.29, 1.82) is 0 Å². The number of aliphatic carboxylic acids is 1. The van der Waals surface area contributed by atoms with Crippen LogP contribution in [-0.4, -0.2) is 74.8 Å². The van der Waals surface area contributed by atoms with Gasteiger partial charge >= 0.3 is 12.0 Å². The van der Waals surface area contributed by atoms with Gasteiger partial charge in [0.25, 0.3) is 0 Å². The molecule has 1 aliphatic rings. The maximum absolute atomic E-state index is 12.0. The lowest BCUT2D eigenvalue weighted by molar-refractivity contribution is -0.138. The molecule has 1 aliphatic heterocycles. The van der Waals surface area contributed by atoms with Crippen LogP contribution in [0.1, 0.15) is 19.3 Å². The molecule has 1 heterocycles. The smallest absolute Gasteiger partial charge is 0.317 e. The van der Waals surface area contributed by atoms with Crippen LogP contribution >= 0.6 is 0 Å². The lowest BCUT2D eigenvalue weighted by atomic mass is 10.2. The van der Waals surface area contributed by atoms with Gasteiger partial charge in [0.05, 0.1) is 24.0 Å². The topological polar surface area (TPSA) is 113 Å². The van der Waals surface area contributed by atoms with Crippen LogP contribution < -0.4 is 5.32 Å². The monoisotopic (exact) mass is 322 g/mol. The van der Waals surface area contributed by atoms with E-state index in [2.05, 4.69) is 5.32 Å². The Balaban J connectivity index is 2.52. The zero-order valence-electron chi connectivity index (χ0n) is 12.1. The van der Waals surface area contributed by atoms with Gasteiger partial charge in [-0.15, -0.1) is 0 Å². The van der Waals surface area contributed by atoms with Crippen LogP contribution in [0.25, 0.3) is 0 Å². The lowest BCUT2D eigenvalue weighted by Gasteiger charge is -2.34. The molecule has 0 aromatic carbocycles. The van der Waals surface area contributed by atoms with E-state index in [0.29, 0.717) is 13.2 Å². The first-order valence-electron chi connectivity index (χ1n) is 6.81. The second-order valence-electron chi connectivity index (χ2n) is 4.99. The Kier molecular flexibility index (Phi) is 6.90. The largest absolute Gasteiger partial charge is 0.481 e. The van der Waals surface area contributed by atoms with Crippen molar-refractivity contribution in [3.05, 3.63) is 0 Å². The number of amides is 2. The summed E-state index contributed by atoms with van der Waals surface area (Å²) < 4.78 is 28.0. The van der Waals surface area contributed by atoms with Crippen LogP contribution in [0.15, 0.2) is 0 Å². The molecule has 122 valence electrons. The van der Waals surface area contributed by atoms with Gasteiger partial charge in [-0.25, -0.2) is 13.2 Å². The molecule has 0 aromatic rings. The third-order valence-corrected chi connectivity index (χ3v) is 4.95. The highest BCUT2D eigenvalue weighted by Crippen LogP contribution is 2.15. The van der Waals surface area contributed by atoms with E-state index in [1.54, 1.807) is 7.11 Å². The predicted octanol–water partition coefficient (Wildman–Crippen LogP) is -0.304. The summed E-state index contributed by atoms with van der Waals surface area (Å²) in [6.07, 6.45) is 1.19. The first kappa shape index (κ1) is 17.7. The number of nitrogens with zero attached hydrogens (tertiary/aromatic N) is 1. The fourth-order valence-corrected chi connectivity index (χ4v) is 3.72. The van der Waals surface area contributed by atoms with Gasteiger partial charge in [0.15, 0.2) is 9.84 Å². The first-order chi connectivity index (χ1) is 9.85. The van der Waals surface area contributed by atoms with Crippen molar-refractivity contribution in [2.75, 3.05) is 38.3 Å². The van der Waals surface area contributed by atoms with Gasteiger partial charge < -0.3 is 20.1 Å². The van der Waals surface area contributed by atoms with Gasteiger partial charge in [-0.3, -0.25) is 4.79 Å². The van der Waals surface area contributed by atoms with E-state index in [-0.39, 0.29) is 24.5 Å². The highest BCUT2D eigenvalue weighted by molar-refractivity contribution is 7.91. The Morgan fingerprint density at radius 2 is 2.10 bits per heavy atom. The SMILES string of the molecule is COCCCCNC(=O)N1CCS(=O)(=O)CC1CC(=O)O. The minimum atomic E-state index is -3.28. The number of nitrogens with one attached hydrogen (secondary N) is 1. The molecule has 2 amide bonds. The van der Waals surface area contributed by atoms with Crippen molar-refractivity contribution < 1.29 is 27.9 Å². The highest BCUT2D eigenvalue weighted by atomic mass is 32.2. The van der Waals surface area contributed by atoms with Crippen LogP contribution in [0.5, 0.6) is 0 Å². The van der Waals surface area contributed by atoms with E-state index >= 15 is 0 Å². The van der Waals surface area contributed by atoms with Crippen LogP contribution in [-0.2, 0) is 19.4 Å². The standard InChI is InChI=1S/C12H22N2O6S/c1-20-6-3-2-4-13-12(17)14-5-7-21(18,19)9-10(14)8-11(15)16/h10H,2-9H2,1H3,(H,13,17)(H,15,16). The minimum absolute atomic E-state index is 0.0319. The summed E-state index contributed by atoms with van der Waals surface area (Å²) in [7, 11) is -1.68. The summed E-state index contributed by atoms with van der Waals surface area (Å²) in [5.74, 6) is -1.54. The number of unbranched alkanes of at least 4 members (excludes halogenated alkanes) is 1. The number of carbonyl (C=O) groups excluding carboxylic acids is 1. The fraction of sp³-hybridized carbons (Fsp3) is 0.833. The number of carboxylic acid groups (broad SMARTS) is 1. The Morgan fingerprint density at radius 1 is 1.38 bits per heavy atom. The molecule has 1 fully saturated rings. The average Bonchev–Trinajstić information content (AvgIpc) is 2.36. The Hall–Kier alpha value is -1.35. The third kappa shape index (κ3) is 6.30. The Labute approximate surface area is 124 Å². The summed E-state index contributed by atoms with van der Waals surface area (Å²) in [6, 6.07) is -1.21. The summed E-state index contributed by atoms with van der Waals surface area (Å²) in [4.78, 5) is 24.2. The average molecular weight is 322 g/mol. The molecule has 21 heavy (non-hydrogen) atoms.